The maximum absolute atomic E-state index is 10.9. The van der Waals surface area contributed by atoms with E-state index in [9.17, 15) is 4.79 Å². The van der Waals surface area contributed by atoms with Crippen LogP contribution in [0.5, 0.6) is 0 Å². The van der Waals surface area contributed by atoms with Gasteiger partial charge in [-0.3, -0.25) is 0 Å². The van der Waals surface area contributed by atoms with Crippen LogP contribution in [0.1, 0.15) is 0 Å². The topological polar surface area (TPSA) is 43.8 Å². The molecule has 114 valence electrons. The predicted octanol–water partition coefficient (Wildman–Crippen LogP) is 3.81. The lowest BCUT2D eigenvalue weighted by molar-refractivity contribution is 0.142. The van der Waals surface area contributed by atoms with Crippen LogP contribution in [0.2, 0.25) is 5.02 Å². The highest BCUT2D eigenvalue weighted by molar-refractivity contribution is 6.30. The Kier molecular flexibility index (Phi) is 4.20. The van der Waals surface area contributed by atoms with Crippen molar-refractivity contribution in [3.8, 4) is 11.1 Å². The summed E-state index contributed by atoms with van der Waals surface area (Å²) in [5, 5.41) is 9.71. The molecule has 0 aromatic heterocycles. The third-order valence-electron chi connectivity index (χ3n) is 3.96. The normalized spacial score (nSPS) is 15.0. The summed E-state index contributed by atoms with van der Waals surface area (Å²) < 4.78 is 0. The zero-order valence-electron chi connectivity index (χ0n) is 12.1. The Hall–Kier alpha value is -2.20. The number of carbonyl (C=O) groups is 1. The maximum atomic E-state index is 10.9. The zero-order valence-corrected chi connectivity index (χ0v) is 12.8. The number of benzene rings is 2. The SMILES string of the molecule is O=C(O)N1CCN(c2ccc(-c3ccc(Cl)cc3)cc2)CC1. The van der Waals surface area contributed by atoms with Crippen LogP contribution >= 0.6 is 11.6 Å². The molecule has 0 unspecified atom stereocenters. The summed E-state index contributed by atoms with van der Waals surface area (Å²) in [5.41, 5.74) is 3.40. The molecule has 1 aliphatic heterocycles. The molecule has 0 atom stereocenters. The van der Waals surface area contributed by atoms with Crippen molar-refractivity contribution in [1.82, 2.24) is 4.90 Å². The van der Waals surface area contributed by atoms with Crippen LogP contribution in [0.4, 0.5) is 10.5 Å². The number of amides is 1. The van der Waals surface area contributed by atoms with Gasteiger partial charge in [0.1, 0.15) is 0 Å². The van der Waals surface area contributed by atoms with E-state index >= 15 is 0 Å². The highest BCUT2D eigenvalue weighted by atomic mass is 35.5. The molecule has 5 heteroatoms. The van der Waals surface area contributed by atoms with E-state index in [-0.39, 0.29) is 0 Å². The minimum absolute atomic E-state index is 0.550. The monoisotopic (exact) mass is 316 g/mol. The summed E-state index contributed by atoms with van der Waals surface area (Å²) in [7, 11) is 0. The van der Waals surface area contributed by atoms with Crippen molar-refractivity contribution in [3.63, 3.8) is 0 Å². The van der Waals surface area contributed by atoms with E-state index in [0.29, 0.717) is 13.1 Å². The van der Waals surface area contributed by atoms with Gasteiger partial charge in [-0.2, -0.15) is 0 Å². The fourth-order valence-electron chi connectivity index (χ4n) is 2.66. The van der Waals surface area contributed by atoms with Crippen LogP contribution in [-0.4, -0.2) is 42.3 Å². The highest BCUT2D eigenvalue weighted by Crippen LogP contribution is 2.25. The van der Waals surface area contributed by atoms with Gasteiger partial charge in [0.15, 0.2) is 0 Å². The Morgan fingerprint density at radius 1 is 0.864 bits per heavy atom. The van der Waals surface area contributed by atoms with E-state index in [2.05, 4.69) is 29.2 Å². The van der Waals surface area contributed by atoms with Crippen LogP contribution in [0.15, 0.2) is 48.5 Å². The second-order valence-electron chi connectivity index (χ2n) is 5.31. The largest absolute Gasteiger partial charge is 0.465 e. The summed E-state index contributed by atoms with van der Waals surface area (Å²) >= 11 is 5.91. The molecule has 0 spiro atoms. The first-order valence-corrected chi connectivity index (χ1v) is 7.60. The minimum Gasteiger partial charge on any atom is -0.465 e. The lowest BCUT2D eigenvalue weighted by Crippen LogP contribution is -2.48. The Bertz CT molecular complexity index is 647. The van der Waals surface area contributed by atoms with Gasteiger partial charge in [0.05, 0.1) is 0 Å². The average Bonchev–Trinajstić information content (AvgIpc) is 2.56. The van der Waals surface area contributed by atoms with Crippen LogP contribution < -0.4 is 4.90 Å². The summed E-state index contributed by atoms with van der Waals surface area (Å²) in [4.78, 5) is 14.6. The molecule has 1 aliphatic rings. The van der Waals surface area contributed by atoms with Crippen LogP contribution in [-0.2, 0) is 0 Å². The summed E-state index contributed by atoms with van der Waals surface area (Å²) in [6.45, 7) is 2.56. The van der Waals surface area contributed by atoms with Crippen molar-refractivity contribution < 1.29 is 9.90 Å². The zero-order chi connectivity index (χ0) is 15.5. The van der Waals surface area contributed by atoms with E-state index < -0.39 is 6.09 Å². The van der Waals surface area contributed by atoms with Crippen molar-refractivity contribution >= 4 is 23.4 Å². The second kappa shape index (κ2) is 6.28. The van der Waals surface area contributed by atoms with Crippen molar-refractivity contribution in [3.05, 3.63) is 53.6 Å². The van der Waals surface area contributed by atoms with E-state index in [0.717, 1.165) is 34.9 Å². The van der Waals surface area contributed by atoms with Gasteiger partial charge in [-0.1, -0.05) is 35.9 Å². The molecule has 0 saturated carbocycles. The van der Waals surface area contributed by atoms with Gasteiger partial charge in [-0.25, -0.2) is 4.79 Å². The second-order valence-corrected chi connectivity index (χ2v) is 5.75. The quantitative estimate of drug-likeness (QED) is 0.916. The molecule has 2 aromatic rings. The molecule has 0 aliphatic carbocycles. The maximum Gasteiger partial charge on any atom is 0.407 e. The third-order valence-corrected chi connectivity index (χ3v) is 4.21. The number of piperazine rings is 1. The molecule has 1 saturated heterocycles. The molecule has 1 fully saturated rings. The molecule has 0 bridgehead atoms. The van der Waals surface area contributed by atoms with Crippen molar-refractivity contribution in [2.24, 2.45) is 0 Å². The Labute approximate surface area is 134 Å². The molecule has 3 rings (SSSR count). The number of hydrogen-bond acceptors (Lipinski definition) is 2. The van der Waals surface area contributed by atoms with Gasteiger partial charge in [-0.15, -0.1) is 0 Å². The average molecular weight is 317 g/mol. The Balaban J connectivity index is 1.70. The van der Waals surface area contributed by atoms with Gasteiger partial charge in [0, 0.05) is 36.9 Å². The van der Waals surface area contributed by atoms with Crippen LogP contribution in [0.25, 0.3) is 11.1 Å². The number of nitrogens with zero attached hydrogens (tertiary/aromatic N) is 2. The van der Waals surface area contributed by atoms with Crippen molar-refractivity contribution in [2.75, 3.05) is 31.1 Å². The van der Waals surface area contributed by atoms with Gasteiger partial charge in [0.25, 0.3) is 0 Å². The van der Waals surface area contributed by atoms with E-state index in [1.165, 1.54) is 4.90 Å². The third kappa shape index (κ3) is 3.17. The minimum atomic E-state index is -0.835. The van der Waals surface area contributed by atoms with Crippen molar-refractivity contribution in [1.29, 1.82) is 0 Å². The summed E-state index contributed by atoms with van der Waals surface area (Å²) in [6, 6.07) is 16.1. The fourth-order valence-corrected chi connectivity index (χ4v) is 2.79. The first-order chi connectivity index (χ1) is 10.6. The van der Waals surface area contributed by atoms with Gasteiger partial charge >= 0.3 is 6.09 Å². The molecule has 1 heterocycles. The Morgan fingerprint density at radius 2 is 1.36 bits per heavy atom. The van der Waals surface area contributed by atoms with E-state index in [1.54, 1.807) is 0 Å². The van der Waals surface area contributed by atoms with Crippen LogP contribution in [0.3, 0.4) is 0 Å². The molecule has 2 aromatic carbocycles. The fraction of sp³-hybridized carbons (Fsp3) is 0.235. The number of halogens is 1. The lowest BCUT2D eigenvalue weighted by Gasteiger charge is -2.34. The van der Waals surface area contributed by atoms with Gasteiger partial charge in [-0.05, 0) is 35.4 Å². The van der Waals surface area contributed by atoms with Crippen LogP contribution in [0, 0.1) is 0 Å². The molecule has 22 heavy (non-hydrogen) atoms. The molecule has 1 amide bonds. The molecular weight excluding hydrogens is 300 g/mol. The molecule has 0 radical (unpaired) electrons. The number of hydrogen-bond donors (Lipinski definition) is 1. The van der Waals surface area contributed by atoms with Gasteiger partial charge < -0.3 is 14.9 Å². The van der Waals surface area contributed by atoms with E-state index in [1.807, 2.05) is 24.3 Å². The molecule has 1 N–H and O–H groups in total. The lowest BCUT2D eigenvalue weighted by atomic mass is 10.1. The first-order valence-electron chi connectivity index (χ1n) is 7.22. The summed E-state index contributed by atoms with van der Waals surface area (Å²) in [5.74, 6) is 0. The van der Waals surface area contributed by atoms with E-state index in [4.69, 9.17) is 16.7 Å². The standard InChI is InChI=1S/C17H17ClN2O2/c18-15-5-1-13(2-6-15)14-3-7-16(8-4-14)19-9-11-20(12-10-19)17(21)22/h1-8H,9-12H2,(H,21,22). The summed E-state index contributed by atoms with van der Waals surface area (Å²) in [6.07, 6.45) is -0.835. The predicted molar refractivity (Wildman–Crippen MR) is 88.7 cm³/mol. The van der Waals surface area contributed by atoms with Crippen molar-refractivity contribution in [2.45, 2.75) is 0 Å². The molecule has 4 nitrogen and oxygen atoms in total. The number of carboxylic acid groups (broad SMARTS) is 1. The number of anilines is 1. The highest BCUT2D eigenvalue weighted by Gasteiger charge is 2.20. The smallest absolute Gasteiger partial charge is 0.407 e. The Morgan fingerprint density at radius 3 is 1.86 bits per heavy atom. The number of rotatable bonds is 2. The molecular formula is C17H17ClN2O2. The van der Waals surface area contributed by atoms with Gasteiger partial charge in [0.2, 0.25) is 0 Å². The first kappa shape index (κ1) is 14.7.